The standard InChI is InChI=1S/C20H23FN2O2S.ClH/c1-14(26-18-8-6-17(25-2)7-9-18)20(24)23-11-10-22-13-19(23)15-4-3-5-16(21)12-15;/h3-9,12,14,19,22H,10-11,13H2,1-2H3;1H. The van der Waals surface area contributed by atoms with Crippen LogP contribution in [0.4, 0.5) is 4.39 Å². The van der Waals surface area contributed by atoms with Gasteiger partial charge < -0.3 is 15.0 Å². The molecule has 0 saturated carbocycles. The number of nitrogens with zero attached hydrogens (tertiary/aromatic N) is 1. The van der Waals surface area contributed by atoms with E-state index in [1.165, 1.54) is 23.9 Å². The third-order valence-electron chi connectivity index (χ3n) is 4.48. The zero-order valence-electron chi connectivity index (χ0n) is 15.4. The number of piperazine rings is 1. The third-order valence-corrected chi connectivity index (χ3v) is 5.58. The van der Waals surface area contributed by atoms with E-state index < -0.39 is 0 Å². The molecule has 0 radical (unpaired) electrons. The smallest absolute Gasteiger partial charge is 0.236 e. The highest BCUT2D eigenvalue weighted by Gasteiger charge is 2.31. The van der Waals surface area contributed by atoms with Crippen LogP contribution in [0.1, 0.15) is 18.5 Å². The predicted molar refractivity (Wildman–Crippen MR) is 109 cm³/mol. The first kappa shape index (κ1) is 21.5. The van der Waals surface area contributed by atoms with Gasteiger partial charge in [-0.25, -0.2) is 4.39 Å². The predicted octanol–water partition coefficient (Wildman–Crippen LogP) is 3.91. The van der Waals surface area contributed by atoms with Crippen LogP contribution in [0.5, 0.6) is 5.75 Å². The Labute approximate surface area is 169 Å². The lowest BCUT2D eigenvalue weighted by atomic mass is 10.0. The number of rotatable bonds is 5. The van der Waals surface area contributed by atoms with Gasteiger partial charge in [-0.3, -0.25) is 4.79 Å². The van der Waals surface area contributed by atoms with Crippen molar-refractivity contribution in [3.8, 4) is 5.75 Å². The largest absolute Gasteiger partial charge is 0.497 e. The number of halogens is 2. The van der Waals surface area contributed by atoms with Crippen molar-refractivity contribution in [2.75, 3.05) is 26.7 Å². The van der Waals surface area contributed by atoms with Crippen LogP contribution in [-0.2, 0) is 4.79 Å². The van der Waals surface area contributed by atoms with E-state index in [2.05, 4.69) is 5.32 Å². The van der Waals surface area contributed by atoms with Gasteiger partial charge in [-0.05, 0) is 48.9 Å². The Morgan fingerprint density at radius 2 is 2.04 bits per heavy atom. The average molecular weight is 411 g/mol. The fourth-order valence-electron chi connectivity index (χ4n) is 3.12. The second-order valence-corrected chi connectivity index (χ2v) is 7.66. The van der Waals surface area contributed by atoms with Crippen molar-refractivity contribution < 1.29 is 13.9 Å². The number of thioether (sulfide) groups is 1. The molecule has 146 valence electrons. The number of methoxy groups -OCH3 is 1. The molecule has 3 rings (SSSR count). The van der Waals surface area contributed by atoms with Gasteiger partial charge in [0.15, 0.2) is 0 Å². The minimum Gasteiger partial charge on any atom is -0.497 e. The molecule has 2 aromatic carbocycles. The second kappa shape index (κ2) is 9.97. The molecule has 1 aliphatic heterocycles. The molecule has 2 aromatic rings. The second-order valence-electron chi connectivity index (χ2n) is 6.24. The Morgan fingerprint density at radius 3 is 2.70 bits per heavy atom. The molecule has 0 bridgehead atoms. The molecular weight excluding hydrogens is 387 g/mol. The Bertz CT molecular complexity index is 760. The maximum absolute atomic E-state index is 13.6. The van der Waals surface area contributed by atoms with Gasteiger partial charge in [-0.2, -0.15) is 0 Å². The first-order valence-corrected chi connectivity index (χ1v) is 9.54. The number of carbonyl (C=O) groups excluding carboxylic acids is 1. The highest BCUT2D eigenvalue weighted by Crippen LogP contribution is 2.30. The summed E-state index contributed by atoms with van der Waals surface area (Å²) in [6.07, 6.45) is 0. The van der Waals surface area contributed by atoms with E-state index in [0.29, 0.717) is 13.1 Å². The molecule has 2 atom stereocenters. The van der Waals surface area contributed by atoms with Crippen LogP contribution in [-0.4, -0.2) is 42.8 Å². The lowest BCUT2D eigenvalue weighted by Crippen LogP contribution is -2.50. The minimum atomic E-state index is -0.277. The van der Waals surface area contributed by atoms with Gasteiger partial charge in [0.05, 0.1) is 18.4 Å². The number of amides is 1. The number of hydrogen-bond acceptors (Lipinski definition) is 4. The molecule has 4 nitrogen and oxygen atoms in total. The SMILES string of the molecule is COc1ccc(SC(C)C(=O)N2CCNCC2c2cccc(F)c2)cc1.Cl. The van der Waals surface area contributed by atoms with Crippen LogP contribution in [0.3, 0.4) is 0 Å². The van der Waals surface area contributed by atoms with Crippen molar-refractivity contribution >= 4 is 30.1 Å². The molecule has 1 N–H and O–H groups in total. The summed E-state index contributed by atoms with van der Waals surface area (Å²) in [5.41, 5.74) is 0.826. The van der Waals surface area contributed by atoms with Gasteiger partial charge in [-0.15, -0.1) is 24.2 Å². The third kappa shape index (κ3) is 5.37. The van der Waals surface area contributed by atoms with Crippen LogP contribution in [0, 0.1) is 5.82 Å². The summed E-state index contributed by atoms with van der Waals surface area (Å²) in [5, 5.41) is 3.08. The van der Waals surface area contributed by atoms with E-state index in [-0.39, 0.29) is 35.4 Å². The van der Waals surface area contributed by atoms with E-state index in [1.807, 2.05) is 42.2 Å². The van der Waals surface area contributed by atoms with Crippen LogP contribution in [0.15, 0.2) is 53.4 Å². The van der Waals surface area contributed by atoms with Crippen molar-refractivity contribution in [3.63, 3.8) is 0 Å². The summed E-state index contributed by atoms with van der Waals surface area (Å²) < 4.78 is 18.8. The van der Waals surface area contributed by atoms with Gasteiger partial charge in [0.25, 0.3) is 0 Å². The molecular formula is C20H24ClFN2O2S. The van der Waals surface area contributed by atoms with Crippen molar-refractivity contribution in [2.45, 2.75) is 23.1 Å². The zero-order valence-corrected chi connectivity index (χ0v) is 17.0. The zero-order chi connectivity index (χ0) is 18.5. The van der Waals surface area contributed by atoms with Gasteiger partial charge >= 0.3 is 0 Å². The van der Waals surface area contributed by atoms with E-state index in [1.54, 1.807) is 13.2 Å². The maximum Gasteiger partial charge on any atom is 0.236 e. The number of carbonyl (C=O) groups is 1. The van der Waals surface area contributed by atoms with E-state index in [4.69, 9.17) is 4.74 Å². The summed E-state index contributed by atoms with van der Waals surface area (Å²) in [4.78, 5) is 15.9. The first-order valence-electron chi connectivity index (χ1n) is 8.66. The highest BCUT2D eigenvalue weighted by molar-refractivity contribution is 8.00. The number of hydrogen-bond donors (Lipinski definition) is 1. The number of ether oxygens (including phenoxy) is 1. The van der Waals surface area contributed by atoms with Gasteiger partial charge in [-0.1, -0.05) is 12.1 Å². The maximum atomic E-state index is 13.6. The van der Waals surface area contributed by atoms with Crippen LogP contribution in [0.2, 0.25) is 0 Å². The average Bonchev–Trinajstić information content (AvgIpc) is 2.68. The van der Waals surface area contributed by atoms with Crippen molar-refractivity contribution in [1.82, 2.24) is 10.2 Å². The van der Waals surface area contributed by atoms with E-state index in [9.17, 15) is 9.18 Å². The molecule has 1 aliphatic rings. The van der Waals surface area contributed by atoms with Gasteiger partial charge in [0.1, 0.15) is 11.6 Å². The molecule has 1 amide bonds. The normalized spacial score (nSPS) is 17.7. The lowest BCUT2D eigenvalue weighted by Gasteiger charge is -2.38. The van der Waals surface area contributed by atoms with Gasteiger partial charge in [0, 0.05) is 24.5 Å². The molecule has 0 aliphatic carbocycles. The molecule has 7 heteroatoms. The van der Waals surface area contributed by atoms with Crippen molar-refractivity contribution in [1.29, 1.82) is 0 Å². The highest BCUT2D eigenvalue weighted by atomic mass is 35.5. The summed E-state index contributed by atoms with van der Waals surface area (Å²) in [6.45, 7) is 3.92. The van der Waals surface area contributed by atoms with Crippen LogP contribution >= 0.6 is 24.2 Å². The Balaban J connectivity index is 0.00000261. The summed E-state index contributed by atoms with van der Waals surface area (Å²) in [5.74, 6) is 0.587. The molecule has 27 heavy (non-hydrogen) atoms. The van der Waals surface area contributed by atoms with Gasteiger partial charge in [0.2, 0.25) is 5.91 Å². The minimum absolute atomic E-state index is 0. The first-order chi connectivity index (χ1) is 12.6. The Morgan fingerprint density at radius 1 is 1.30 bits per heavy atom. The van der Waals surface area contributed by atoms with E-state index in [0.717, 1.165) is 22.8 Å². The summed E-state index contributed by atoms with van der Waals surface area (Å²) in [6, 6.07) is 14.0. The monoisotopic (exact) mass is 410 g/mol. The fraction of sp³-hybridized carbons (Fsp3) is 0.350. The fourth-order valence-corrected chi connectivity index (χ4v) is 4.06. The van der Waals surface area contributed by atoms with Crippen LogP contribution in [0.25, 0.3) is 0 Å². The van der Waals surface area contributed by atoms with Crippen LogP contribution < -0.4 is 10.1 Å². The summed E-state index contributed by atoms with van der Waals surface area (Å²) in [7, 11) is 1.63. The van der Waals surface area contributed by atoms with Crippen molar-refractivity contribution in [3.05, 3.63) is 59.9 Å². The quantitative estimate of drug-likeness (QED) is 0.759. The molecule has 2 unspecified atom stereocenters. The van der Waals surface area contributed by atoms with Crippen molar-refractivity contribution in [2.24, 2.45) is 0 Å². The molecule has 0 aromatic heterocycles. The topological polar surface area (TPSA) is 41.6 Å². The molecule has 1 saturated heterocycles. The number of nitrogens with one attached hydrogen (secondary N) is 1. The Kier molecular flexibility index (Phi) is 7.95. The molecule has 0 spiro atoms. The molecule has 1 heterocycles. The van der Waals surface area contributed by atoms with E-state index >= 15 is 0 Å². The lowest BCUT2D eigenvalue weighted by molar-refractivity contribution is -0.133. The molecule has 1 fully saturated rings. The Hall–Kier alpha value is -1.76. The number of benzene rings is 2. The summed E-state index contributed by atoms with van der Waals surface area (Å²) >= 11 is 1.52.